The highest BCUT2D eigenvalue weighted by molar-refractivity contribution is 7.92. The maximum Gasteiger partial charge on any atom is 0.262 e. The lowest BCUT2D eigenvalue weighted by Crippen LogP contribution is -2.38. The Labute approximate surface area is 153 Å². The molecule has 1 saturated heterocycles. The van der Waals surface area contributed by atoms with Crippen molar-refractivity contribution >= 4 is 15.7 Å². The van der Waals surface area contributed by atoms with Crippen LogP contribution in [0.4, 0.5) is 10.1 Å². The van der Waals surface area contributed by atoms with Gasteiger partial charge in [0.2, 0.25) is 0 Å². The summed E-state index contributed by atoms with van der Waals surface area (Å²) in [5, 5.41) is 0. The Kier molecular flexibility index (Phi) is 5.60. The van der Waals surface area contributed by atoms with Gasteiger partial charge in [-0.3, -0.25) is 9.62 Å². The van der Waals surface area contributed by atoms with Crippen molar-refractivity contribution in [1.29, 1.82) is 0 Å². The van der Waals surface area contributed by atoms with Crippen LogP contribution < -0.4 is 4.72 Å². The Morgan fingerprint density at radius 1 is 1.23 bits per heavy atom. The highest BCUT2D eigenvalue weighted by Crippen LogP contribution is 2.25. The third kappa shape index (κ3) is 4.23. The first kappa shape index (κ1) is 18.8. The number of sulfonamides is 1. The third-order valence-corrected chi connectivity index (χ3v) is 6.10. The van der Waals surface area contributed by atoms with Crippen LogP contribution in [0.3, 0.4) is 0 Å². The normalized spacial score (nSPS) is 18.7. The minimum absolute atomic E-state index is 0.0141. The fourth-order valence-electron chi connectivity index (χ4n) is 3.03. The second kappa shape index (κ2) is 7.73. The fourth-order valence-corrected chi connectivity index (χ4v) is 4.35. The van der Waals surface area contributed by atoms with Crippen molar-refractivity contribution in [2.24, 2.45) is 0 Å². The van der Waals surface area contributed by atoms with E-state index in [1.165, 1.54) is 12.1 Å². The maximum absolute atomic E-state index is 13.4. The molecule has 1 atom stereocenters. The molecule has 0 aliphatic carbocycles. The molecular weight excluding hydrogens is 355 g/mol. The van der Waals surface area contributed by atoms with Crippen molar-refractivity contribution < 1.29 is 17.5 Å². The number of aryl methyl sites for hydroxylation is 1. The zero-order chi connectivity index (χ0) is 18.7. The molecule has 1 aliphatic rings. The first-order valence-electron chi connectivity index (χ1n) is 8.62. The standard InChI is InChI=1S/C19H23FN2O3S/c1-3-22-10-11-25-18(13-22)15-5-8-17(9-6-15)21-26(23,24)19-12-16(20)7-4-14(19)2/h4-9,12,18,21H,3,10-11,13H2,1-2H3. The van der Waals surface area contributed by atoms with Crippen molar-refractivity contribution in [3.63, 3.8) is 0 Å². The van der Waals surface area contributed by atoms with E-state index in [4.69, 9.17) is 4.74 Å². The lowest BCUT2D eigenvalue weighted by atomic mass is 10.1. The van der Waals surface area contributed by atoms with Crippen LogP contribution in [0, 0.1) is 12.7 Å². The lowest BCUT2D eigenvalue weighted by Gasteiger charge is -2.32. The number of hydrogen-bond donors (Lipinski definition) is 1. The number of anilines is 1. The molecule has 1 fully saturated rings. The highest BCUT2D eigenvalue weighted by atomic mass is 32.2. The molecule has 0 aromatic heterocycles. The first-order valence-corrected chi connectivity index (χ1v) is 10.1. The van der Waals surface area contributed by atoms with Crippen molar-refractivity contribution in [2.45, 2.75) is 24.8 Å². The molecule has 3 rings (SSSR count). The van der Waals surface area contributed by atoms with Gasteiger partial charge in [0.15, 0.2) is 0 Å². The topological polar surface area (TPSA) is 58.6 Å². The van der Waals surface area contributed by atoms with E-state index < -0.39 is 15.8 Å². The minimum Gasteiger partial charge on any atom is -0.371 e. The molecule has 2 aromatic carbocycles. The van der Waals surface area contributed by atoms with E-state index in [1.54, 1.807) is 19.1 Å². The highest BCUT2D eigenvalue weighted by Gasteiger charge is 2.21. The second-order valence-electron chi connectivity index (χ2n) is 6.39. The number of halogens is 1. The quantitative estimate of drug-likeness (QED) is 0.867. The van der Waals surface area contributed by atoms with Gasteiger partial charge in [-0.15, -0.1) is 0 Å². The van der Waals surface area contributed by atoms with Crippen molar-refractivity contribution in [1.82, 2.24) is 4.90 Å². The summed E-state index contributed by atoms with van der Waals surface area (Å²) in [6, 6.07) is 10.9. The van der Waals surface area contributed by atoms with Gasteiger partial charge in [0.05, 0.1) is 17.6 Å². The van der Waals surface area contributed by atoms with Gasteiger partial charge in [-0.2, -0.15) is 0 Å². The summed E-state index contributed by atoms with van der Waals surface area (Å²) in [6.07, 6.45) is -0.0141. The Morgan fingerprint density at radius 2 is 1.96 bits per heavy atom. The first-order chi connectivity index (χ1) is 12.4. The van der Waals surface area contributed by atoms with Crippen LogP contribution in [0.2, 0.25) is 0 Å². The maximum atomic E-state index is 13.4. The lowest BCUT2D eigenvalue weighted by molar-refractivity contribution is -0.0281. The molecule has 5 nitrogen and oxygen atoms in total. The van der Waals surface area contributed by atoms with Crippen molar-refractivity contribution in [3.05, 3.63) is 59.4 Å². The van der Waals surface area contributed by atoms with Crippen LogP contribution in [0.15, 0.2) is 47.4 Å². The van der Waals surface area contributed by atoms with Gasteiger partial charge >= 0.3 is 0 Å². The summed E-state index contributed by atoms with van der Waals surface area (Å²) in [5.41, 5.74) is 1.93. The van der Waals surface area contributed by atoms with Crippen LogP contribution >= 0.6 is 0 Å². The molecule has 140 valence electrons. The summed E-state index contributed by atoms with van der Waals surface area (Å²) in [7, 11) is -3.85. The molecule has 7 heteroatoms. The van der Waals surface area contributed by atoms with Gasteiger partial charge in [-0.1, -0.05) is 25.1 Å². The van der Waals surface area contributed by atoms with E-state index in [9.17, 15) is 12.8 Å². The summed E-state index contributed by atoms with van der Waals surface area (Å²) >= 11 is 0. The number of nitrogens with one attached hydrogen (secondary N) is 1. The van der Waals surface area contributed by atoms with Gasteiger partial charge < -0.3 is 4.74 Å². The molecule has 2 aromatic rings. The average molecular weight is 378 g/mol. The van der Waals surface area contributed by atoms with Crippen molar-refractivity contribution in [2.75, 3.05) is 31.0 Å². The summed E-state index contributed by atoms with van der Waals surface area (Å²) in [5.74, 6) is -0.582. The summed E-state index contributed by atoms with van der Waals surface area (Å²) in [4.78, 5) is 2.26. The monoisotopic (exact) mass is 378 g/mol. The molecule has 0 bridgehead atoms. The Morgan fingerprint density at radius 3 is 2.65 bits per heavy atom. The molecule has 0 saturated carbocycles. The molecule has 26 heavy (non-hydrogen) atoms. The Balaban J connectivity index is 1.75. The zero-order valence-corrected chi connectivity index (χ0v) is 15.7. The predicted octanol–water partition coefficient (Wildman–Crippen LogP) is 3.33. The van der Waals surface area contributed by atoms with Gasteiger partial charge in [-0.25, -0.2) is 12.8 Å². The SMILES string of the molecule is CCN1CCOC(c2ccc(NS(=O)(=O)c3cc(F)ccc3C)cc2)C1. The van der Waals surface area contributed by atoms with Crippen LogP contribution in [-0.4, -0.2) is 39.6 Å². The molecular formula is C19H23FN2O3S. The summed E-state index contributed by atoms with van der Waals surface area (Å²) < 4.78 is 46.8. The molecule has 1 heterocycles. The zero-order valence-electron chi connectivity index (χ0n) is 14.9. The number of likely N-dealkylation sites (N-methyl/N-ethyl adjacent to an activating group) is 1. The third-order valence-electron chi connectivity index (χ3n) is 4.57. The predicted molar refractivity (Wildman–Crippen MR) is 99.2 cm³/mol. The Bertz CT molecular complexity index is 869. The van der Waals surface area contributed by atoms with Crippen LogP contribution in [-0.2, 0) is 14.8 Å². The van der Waals surface area contributed by atoms with E-state index in [-0.39, 0.29) is 11.0 Å². The van der Waals surface area contributed by atoms with E-state index in [0.29, 0.717) is 17.9 Å². The molecule has 0 radical (unpaired) electrons. The van der Waals surface area contributed by atoms with E-state index >= 15 is 0 Å². The molecule has 1 N–H and O–H groups in total. The van der Waals surface area contributed by atoms with E-state index in [1.807, 2.05) is 12.1 Å². The molecule has 1 unspecified atom stereocenters. The largest absolute Gasteiger partial charge is 0.371 e. The second-order valence-corrected chi connectivity index (χ2v) is 8.04. The van der Waals surface area contributed by atoms with Gasteiger partial charge in [0.1, 0.15) is 5.82 Å². The number of rotatable bonds is 5. The Hall–Kier alpha value is -1.96. The van der Waals surface area contributed by atoms with E-state index in [0.717, 1.165) is 31.3 Å². The van der Waals surface area contributed by atoms with Crippen LogP contribution in [0.5, 0.6) is 0 Å². The molecule has 1 aliphatic heterocycles. The molecule has 0 amide bonds. The van der Waals surface area contributed by atoms with Gasteiger partial charge in [-0.05, 0) is 48.9 Å². The number of morpholine rings is 1. The smallest absolute Gasteiger partial charge is 0.262 e. The van der Waals surface area contributed by atoms with Crippen LogP contribution in [0.25, 0.3) is 0 Å². The number of nitrogens with zero attached hydrogens (tertiary/aromatic N) is 1. The molecule has 0 spiro atoms. The fraction of sp³-hybridized carbons (Fsp3) is 0.368. The minimum atomic E-state index is -3.85. The summed E-state index contributed by atoms with van der Waals surface area (Å²) in [6.45, 7) is 7.17. The van der Waals surface area contributed by atoms with Gasteiger partial charge in [0, 0.05) is 18.8 Å². The van der Waals surface area contributed by atoms with Crippen molar-refractivity contribution in [3.8, 4) is 0 Å². The average Bonchev–Trinajstić information content (AvgIpc) is 2.64. The number of hydrogen-bond acceptors (Lipinski definition) is 4. The van der Waals surface area contributed by atoms with Crippen LogP contribution in [0.1, 0.15) is 24.2 Å². The van der Waals surface area contributed by atoms with E-state index in [2.05, 4.69) is 16.5 Å². The number of ether oxygens (including phenoxy) is 1. The number of benzene rings is 2. The van der Waals surface area contributed by atoms with Gasteiger partial charge in [0.25, 0.3) is 10.0 Å².